The summed E-state index contributed by atoms with van der Waals surface area (Å²) < 4.78 is 5.77. The zero-order valence-electron chi connectivity index (χ0n) is 12.5. The number of aromatic nitrogens is 1. The number of aryl methyl sites for hydroxylation is 1. The molecule has 1 aromatic carbocycles. The van der Waals surface area contributed by atoms with Crippen LogP contribution < -0.4 is 10.1 Å². The Morgan fingerprint density at radius 1 is 1.38 bits per heavy atom. The first kappa shape index (κ1) is 16.3. The molecule has 3 nitrogen and oxygen atoms in total. The number of rotatable bonds is 8. The van der Waals surface area contributed by atoms with Gasteiger partial charge in [-0.15, -0.1) is 11.3 Å². The molecule has 0 unspecified atom stereocenters. The number of ether oxygens (including phenoxy) is 1. The third kappa shape index (κ3) is 4.99. The molecule has 0 aliphatic rings. The van der Waals surface area contributed by atoms with Crippen LogP contribution in [0.5, 0.6) is 5.75 Å². The van der Waals surface area contributed by atoms with E-state index >= 15 is 0 Å². The minimum absolute atomic E-state index is 0.621. The van der Waals surface area contributed by atoms with Crippen molar-refractivity contribution in [3.8, 4) is 5.75 Å². The van der Waals surface area contributed by atoms with Gasteiger partial charge in [0.2, 0.25) is 0 Å². The maximum Gasteiger partial charge on any atom is 0.137 e. The van der Waals surface area contributed by atoms with Gasteiger partial charge in [-0.3, -0.25) is 0 Å². The highest BCUT2D eigenvalue weighted by atomic mass is 35.5. The average molecular weight is 325 g/mol. The van der Waals surface area contributed by atoms with Crippen molar-refractivity contribution in [2.24, 2.45) is 0 Å². The van der Waals surface area contributed by atoms with Crippen molar-refractivity contribution in [1.29, 1.82) is 0 Å². The second kappa shape index (κ2) is 8.37. The van der Waals surface area contributed by atoms with Crippen LogP contribution in [0.1, 0.15) is 29.5 Å². The largest absolute Gasteiger partial charge is 0.492 e. The molecule has 0 aliphatic carbocycles. The molecular formula is C16H21ClN2OS. The fraction of sp³-hybridized carbons (Fsp3) is 0.438. The molecular weight excluding hydrogens is 304 g/mol. The molecule has 0 aliphatic heterocycles. The highest BCUT2D eigenvalue weighted by Gasteiger charge is 2.05. The van der Waals surface area contributed by atoms with E-state index in [1.807, 2.05) is 24.6 Å². The van der Waals surface area contributed by atoms with Crippen molar-refractivity contribution in [3.63, 3.8) is 0 Å². The molecule has 0 spiro atoms. The van der Waals surface area contributed by atoms with Crippen LogP contribution in [0.25, 0.3) is 0 Å². The number of thiazole rings is 1. The van der Waals surface area contributed by atoms with Crippen molar-refractivity contribution < 1.29 is 4.74 Å². The smallest absolute Gasteiger partial charge is 0.137 e. The van der Waals surface area contributed by atoms with Gasteiger partial charge < -0.3 is 10.1 Å². The summed E-state index contributed by atoms with van der Waals surface area (Å²) in [6.45, 7) is 6.66. The number of nitrogens with zero attached hydrogens (tertiary/aromatic N) is 1. The Balaban J connectivity index is 1.84. The highest BCUT2D eigenvalue weighted by Crippen LogP contribution is 2.26. The summed E-state index contributed by atoms with van der Waals surface area (Å²) in [4.78, 5) is 5.51. The van der Waals surface area contributed by atoms with Gasteiger partial charge in [-0.05, 0) is 37.6 Å². The summed E-state index contributed by atoms with van der Waals surface area (Å²) in [5.41, 5.74) is 4.14. The van der Waals surface area contributed by atoms with E-state index in [2.05, 4.69) is 23.3 Å². The quantitative estimate of drug-likeness (QED) is 0.738. The summed E-state index contributed by atoms with van der Waals surface area (Å²) in [7, 11) is 0. The Hall–Kier alpha value is -1.10. The first-order valence-corrected chi connectivity index (χ1v) is 8.47. The monoisotopic (exact) mass is 324 g/mol. The molecule has 1 heterocycles. The number of halogens is 1. The Bertz CT molecular complexity index is 571. The number of hydrogen-bond donors (Lipinski definition) is 1. The Labute approximate surface area is 135 Å². The molecule has 0 bridgehead atoms. The lowest BCUT2D eigenvalue weighted by atomic mass is 10.2. The van der Waals surface area contributed by atoms with E-state index in [9.17, 15) is 0 Å². The summed E-state index contributed by atoms with van der Waals surface area (Å²) in [5, 5.41) is 4.03. The van der Waals surface area contributed by atoms with E-state index in [1.54, 1.807) is 11.3 Å². The molecule has 1 aromatic heterocycles. The van der Waals surface area contributed by atoms with Crippen molar-refractivity contribution in [2.75, 3.05) is 13.2 Å². The van der Waals surface area contributed by atoms with Crippen LogP contribution in [-0.2, 0) is 13.0 Å². The van der Waals surface area contributed by atoms with Gasteiger partial charge in [-0.1, -0.05) is 24.6 Å². The lowest BCUT2D eigenvalue weighted by Gasteiger charge is -2.10. The minimum Gasteiger partial charge on any atom is -0.492 e. The summed E-state index contributed by atoms with van der Waals surface area (Å²) in [6.07, 6.45) is 2.00. The van der Waals surface area contributed by atoms with Crippen LogP contribution in [0.2, 0.25) is 5.02 Å². The van der Waals surface area contributed by atoms with E-state index in [1.165, 1.54) is 10.4 Å². The molecule has 0 amide bonds. The second-order valence-electron chi connectivity index (χ2n) is 4.90. The van der Waals surface area contributed by atoms with Crippen LogP contribution in [0.4, 0.5) is 0 Å². The normalized spacial score (nSPS) is 10.8. The molecule has 0 saturated carbocycles. The third-order valence-electron chi connectivity index (χ3n) is 3.18. The molecule has 0 radical (unpaired) electrons. The fourth-order valence-corrected chi connectivity index (χ4v) is 3.02. The summed E-state index contributed by atoms with van der Waals surface area (Å²) >= 11 is 7.94. The summed E-state index contributed by atoms with van der Waals surface area (Å²) in [5.74, 6) is 0.748. The number of hydrogen-bond acceptors (Lipinski definition) is 4. The third-order valence-corrected chi connectivity index (χ3v) is 4.47. The van der Waals surface area contributed by atoms with Gasteiger partial charge in [0, 0.05) is 17.8 Å². The predicted molar refractivity (Wildman–Crippen MR) is 89.5 cm³/mol. The average Bonchev–Trinajstić information content (AvgIpc) is 2.87. The minimum atomic E-state index is 0.621. The van der Waals surface area contributed by atoms with E-state index in [0.29, 0.717) is 11.6 Å². The van der Waals surface area contributed by atoms with Gasteiger partial charge in [0.25, 0.3) is 0 Å². The van der Waals surface area contributed by atoms with E-state index in [0.717, 1.165) is 37.4 Å². The van der Waals surface area contributed by atoms with E-state index in [-0.39, 0.29) is 0 Å². The van der Waals surface area contributed by atoms with E-state index < -0.39 is 0 Å². The second-order valence-corrected chi connectivity index (χ2v) is 6.25. The van der Waals surface area contributed by atoms with Gasteiger partial charge in [-0.2, -0.15) is 0 Å². The van der Waals surface area contributed by atoms with Crippen molar-refractivity contribution in [3.05, 3.63) is 44.9 Å². The fourth-order valence-electron chi connectivity index (χ4n) is 2.00. The topological polar surface area (TPSA) is 34.1 Å². The first-order valence-electron chi connectivity index (χ1n) is 7.21. The standard InChI is InChI=1S/C16H21ClN2OS/c1-3-7-18-10-13-4-5-15(14(17)9-13)20-8-6-16-12(2)19-11-21-16/h4-5,9,11,18H,3,6-8,10H2,1-2H3. The van der Waals surface area contributed by atoms with E-state index in [4.69, 9.17) is 16.3 Å². The van der Waals surface area contributed by atoms with Gasteiger partial charge in [0.1, 0.15) is 5.75 Å². The van der Waals surface area contributed by atoms with Crippen LogP contribution in [-0.4, -0.2) is 18.1 Å². The number of benzene rings is 1. The Morgan fingerprint density at radius 2 is 2.24 bits per heavy atom. The molecule has 0 saturated heterocycles. The maximum atomic E-state index is 6.27. The predicted octanol–water partition coefficient (Wildman–Crippen LogP) is 4.23. The summed E-state index contributed by atoms with van der Waals surface area (Å²) in [6, 6.07) is 5.98. The lowest BCUT2D eigenvalue weighted by Crippen LogP contribution is -2.13. The van der Waals surface area contributed by atoms with Crippen LogP contribution >= 0.6 is 22.9 Å². The Morgan fingerprint density at radius 3 is 2.90 bits per heavy atom. The lowest BCUT2D eigenvalue weighted by molar-refractivity contribution is 0.322. The van der Waals surface area contributed by atoms with Gasteiger partial charge in [0.05, 0.1) is 22.8 Å². The van der Waals surface area contributed by atoms with Gasteiger partial charge >= 0.3 is 0 Å². The molecule has 1 N–H and O–H groups in total. The Kier molecular flexibility index (Phi) is 6.49. The molecule has 0 atom stereocenters. The zero-order valence-corrected chi connectivity index (χ0v) is 14.1. The van der Waals surface area contributed by atoms with Gasteiger partial charge in [0.15, 0.2) is 0 Å². The first-order chi connectivity index (χ1) is 10.2. The van der Waals surface area contributed by atoms with Crippen LogP contribution in [0.15, 0.2) is 23.7 Å². The molecule has 2 rings (SSSR count). The van der Waals surface area contributed by atoms with Crippen molar-refractivity contribution >= 4 is 22.9 Å². The number of nitrogens with one attached hydrogen (secondary N) is 1. The van der Waals surface area contributed by atoms with Gasteiger partial charge in [-0.25, -0.2) is 4.98 Å². The zero-order chi connectivity index (χ0) is 15.1. The van der Waals surface area contributed by atoms with Crippen molar-refractivity contribution in [2.45, 2.75) is 33.2 Å². The van der Waals surface area contributed by atoms with Crippen LogP contribution in [0, 0.1) is 6.92 Å². The molecule has 2 aromatic rings. The maximum absolute atomic E-state index is 6.27. The molecule has 0 fully saturated rings. The SMILES string of the molecule is CCCNCc1ccc(OCCc2scnc2C)c(Cl)c1. The molecule has 21 heavy (non-hydrogen) atoms. The highest BCUT2D eigenvalue weighted by molar-refractivity contribution is 7.09. The van der Waals surface area contributed by atoms with Crippen molar-refractivity contribution in [1.82, 2.24) is 10.3 Å². The molecule has 114 valence electrons. The molecule has 5 heteroatoms. The van der Waals surface area contributed by atoms with Crippen LogP contribution in [0.3, 0.4) is 0 Å².